The number of imide groups is 1. The Kier molecular flexibility index (Phi) is 6.08. The molecule has 10 nitrogen and oxygen atoms in total. The summed E-state index contributed by atoms with van der Waals surface area (Å²) in [6, 6.07) is 7.00. The summed E-state index contributed by atoms with van der Waals surface area (Å²) in [7, 11) is -5.23. The molecule has 184 valence electrons. The predicted molar refractivity (Wildman–Crippen MR) is 107 cm³/mol. The molecule has 2 amide bonds. The summed E-state index contributed by atoms with van der Waals surface area (Å²) in [5.41, 5.74) is -7.43. The third kappa shape index (κ3) is 4.24. The smallest absolute Gasteiger partial charge is 0.374 e. The van der Waals surface area contributed by atoms with E-state index in [1.807, 2.05) is 0 Å². The first-order valence-corrected chi connectivity index (χ1v) is 10.8. The number of benzene rings is 2. The SMILES string of the molecule is COOOc1c2c(c(OS(=O)(=O)C(F)(F)F)c3cccnc13)C(=O)N(Cc1ccc(F)cc1)C2=O. The van der Waals surface area contributed by atoms with E-state index in [9.17, 15) is 35.6 Å². The molecule has 1 aliphatic heterocycles. The van der Waals surface area contributed by atoms with E-state index < -0.39 is 67.8 Å². The van der Waals surface area contributed by atoms with E-state index in [4.69, 9.17) is 4.89 Å². The van der Waals surface area contributed by atoms with Crippen LogP contribution in [0, 0.1) is 5.82 Å². The summed E-state index contributed by atoms with van der Waals surface area (Å²) in [5.74, 6) is -4.49. The Labute approximate surface area is 193 Å². The van der Waals surface area contributed by atoms with Gasteiger partial charge in [0.1, 0.15) is 22.5 Å². The number of halogens is 4. The van der Waals surface area contributed by atoms with Crippen LogP contribution in [0.4, 0.5) is 17.6 Å². The lowest BCUT2D eigenvalue weighted by Crippen LogP contribution is -2.30. The number of amides is 2. The van der Waals surface area contributed by atoms with Crippen LogP contribution in [0.25, 0.3) is 10.9 Å². The van der Waals surface area contributed by atoms with Gasteiger partial charge >= 0.3 is 15.6 Å². The van der Waals surface area contributed by atoms with Crippen LogP contribution < -0.4 is 9.07 Å². The fourth-order valence-electron chi connectivity index (χ4n) is 3.33. The maximum absolute atomic E-state index is 13.2. The quantitative estimate of drug-likeness (QED) is 0.116. The minimum atomic E-state index is -6.26. The molecule has 2 heterocycles. The normalized spacial score (nSPS) is 13.9. The summed E-state index contributed by atoms with van der Waals surface area (Å²) in [5, 5.41) is 3.99. The van der Waals surface area contributed by atoms with Crippen molar-refractivity contribution in [2.75, 3.05) is 7.11 Å². The number of pyridine rings is 1. The molecule has 0 saturated heterocycles. The highest BCUT2D eigenvalue weighted by Crippen LogP contribution is 2.46. The predicted octanol–water partition coefficient (Wildman–Crippen LogP) is 3.27. The van der Waals surface area contributed by atoms with Gasteiger partial charge in [-0.15, -0.1) is 0 Å². The Hall–Kier alpha value is -3.82. The molecule has 2 aromatic carbocycles. The van der Waals surface area contributed by atoms with Gasteiger partial charge in [-0.2, -0.15) is 26.5 Å². The molecule has 1 aromatic heterocycles. The molecule has 0 atom stereocenters. The van der Waals surface area contributed by atoms with E-state index in [2.05, 4.69) is 19.1 Å². The first-order chi connectivity index (χ1) is 16.5. The Balaban J connectivity index is 1.95. The van der Waals surface area contributed by atoms with E-state index in [-0.39, 0.29) is 11.1 Å². The molecule has 35 heavy (non-hydrogen) atoms. The second kappa shape index (κ2) is 8.75. The Bertz CT molecular complexity index is 1440. The zero-order chi connectivity index (χ0) is 25.5. The molecule has 0 saturated carbocycles. The maximum atomic E-state index is 13.2. The molecule has 1 aliphatic rings. The number of aromatic nitrogens is 1. The molecule has 3 aromatic rings. The van der Waals surface area contributed by atoms with Crippen molar-refractivity contribution in [2.45, 2.75) is 12.1 Å². The van der Waals surface area contributed by atoms with Gasteiger partial charge in [0.15, 0.2) is 5.75 Å². The number of hydrogen-bond donors (Lipinski definition) is 0. The standard InChI is InChI=1S/C20H12F4N2O8S/c1-31-34-32-17-14-13(18(27)26(19(14)28)9-10-4-6-11(21)7-5-10)16(12-3-2-8-25-15(12)17)33-35(29,30)20(22,23)24/h2-8H,9H2,1H3. The molecule has 0 fully saturated rings. The third-order valence-electron chi connectivity index (χ3n) is 4.81. The minimum Gasteiger partial charge on any atom is -0.374 e. The van der Waals surface area contributed by atoms with Crippen molar-refractivity contribution >= 4 is 32.8 Å². The van der Waals surface area contributed by atoms with E-state index in [1.165, 1.54) is 18.2 Å². The average Bonchev–Trinajstić information content (AvgIpc) is 3.04. The monoisotopic (exact) mass is 516 g/mol. The van der Waals surface area contributed by atoms with Gasteiger partial charge in [-0.25, -0.2) is 4.39 Å². The van der Waals surface area contributed by atoms with Crippen molar-refractivity contribution in [1.82, 2.24) is 9.88 Å². The molecular weight excluding hydrogens is 504 g/mol. The van der Waals surface area contributed by atoms with Gasteiger partial charge in [0, 0.05) is 11.6 Å². The zero-order valence-electron chi connectivity index (χ0n) is 17.3. The summed E-state index contributed by atoms with van der Waals surface area (Å²) in [4.78, 5) is 40.2. The lowest BCUT2D eigenvalue weighted by atomic mass is 10.0. The summed E-state index contributed by atoms with van der Waals surface area (Å²) in [6.45, 7) is -0.438. The zero-order valence-corrected chi connectivity index (χ0v) is 18.1. The summed E-state index contributed by atoms with van der Waals surface area (Å²) >= 11 is 0. The van der Waals surface area contributed by atoms with Crippen molar-refractivity contribution in [3.8, 4) is 11.5 Å². The van der Waals surface area contributed by atoms with Crippen molar-refractivity contribution in [3.05, 3.63) is 65.1 Å². The number of rotatable bonds is 7. The highest BCUT2D eigenvalue weighted by Gasteiger charge is 2.51. The van der Waals surface area contributed by atoms with Crippen LogP contribution in [-0.4, -0.2) is 42.7 Å². The minimum absolute atomic E-state index is 0.282. The Morgan fingerprint density at radius 2 is 1.63 bits per heavy atom. The van der Waals surface area contributed by atoms with Gasteiger partial charge < -0.3 is 9.07 Å². The molecular formula is C20H12F4N2O8S. The van der Waals surface area contributed by atoms with Crippen molar-refractivity contribution < 1.29 is 54.6 Å². The number of alkyl halides is 3. The summed E-state index contributed by atoms with van der Waals surface area (Å²) < 4.78 is 80.6. The Morgan fingerprint density at radius 1 is 1.00 bits per heavy atom. The maximum Gasteiger partial charge on any atom is 0.534 e. The molecule has 0 spiro atoms. The number of fused-ring (bicyclic) bond motifs is 2. The van der Waals surface area contributed by atoms with Crippen LogP contribution in [0.3, 0.4) is 0 Å². The molecule has 0 N–H and O–H groups in total. The average molecular weight is 516 g/mol. The molecule has 4 rings (SSSR count). The van der Waals surface area contributed by atoms with Crippen molar-refractivity contribution in [2.24, 2.45) is 0 Å². The van der Waals surface area contributed by atoms with Crippen LogP contribution in [0.5, 0.6) is 11.5 Å². The van der Waals surface area contributed by atoms with E-state index in [0.29, 0.717) is 4.90 Å². The van der Waals surface area contributed by atoms with Gasteiger partial charge in [-0.1, -0.05) is 12.1 Å². The van der Waals surface area contributed by atoms with Crippen molar-refractivity contribution in [3.63, 3.8) is 0 Å². The molecule has 0 aliphatic carbocycles. The first kappa shape index (κ1) is 24.3. The molecule has 0 unspecified atom stereocenters. The second-order valence-corrected chi connectivity index (χ2v) is 8.47. The fraction of sp³-hybridized carbons (Fsp3) is 0.150. The van der Waals surface area contributed by atoms with Crippen LogP contribution in [0.2, 0.25) is 0 Å². The van der Waals surface area contributed by atoms with Crippen molar-refractivity contribution in [1.29, 1.82) is 0 Å². The number of hydrogen-bond acceptors (Lipinski definition) is 9. The van der Waals surface area contributed by atoms with Crippen LogP contribution in [0.15, 0.2) is 42.6 Å². The van der Waals surface area contributed by atoms with Gasteiger partial charge in [0.2, 0.25) is 5.75 Å². The third-order valence-corrected chi connectivity index (χ3v) is 5.76. The largest absolute Gasteiger partial charge is 0.534 e. The fourth-order valence-corrected chi connectivity index (χ4v) is 3.82. The number of carbonyl (C=O) groups excluding carboxylic acids is 2. The van der Waals surface area contributed by atoms with Crippen LogP contribution in [0.1, 0.15) is 26.3 Å². The molecule has 0 bridgehead atoms. The first-order valence-electron chi connectivity index (χ1n) is 9.39. The van der Waals surface area contributed by atoms with Gasteiger partial charge in [-0.3, -0.25) is 19.5 Å². The lowest BCUT2D eigenvalue weighted by Gasteiger charge is -2.15. The van der Waals surface area contributed by atoms with Gasteiger partial charge in [-0.05, 0) is 34.9 Å². The van der Waals surface area contributed by atoms with E-state index in [1.54, 1.807) is 0 Å². The summed E-state index contributed by atoms with van der Waals surface area (Å²) in [6.07, 6.45) is 1.16. The van der Waals surface area contributed by atoms with Gasteiger partial charge in [0.05, 0.1) is 13.7 Å². The van der Waals surface area contributed by atoms with Crippen LogP contribution >= 0.6 is 0 Å². The van der Waals surface area contributed by atoms with Crippen LogP contribution in [-0.2, 0) is 26.6 Å². The van der Waals surface area contributed by atoms with E-state index >= 15 is 0 Å². The molecule has 0 radical (unpaired) electrons. The highest BCUT2D eigenvalue weighted by molar-refractivity contribution is 7.88. The Morgan fingerprint density at radius 3 is 2.23 bits per heavy atom. The lowest BCUT2D eigenvalue weighted by molar-refractivity contribution is -0.453. The topological polar surface area (TPSA) is 121 Å². The number of carbonyl (C=O) groups is 2. The second-order valence-electron chi connectivity index (χ2n) is 6.93. The number of nitrogens with zero attached hydrogens (tertiary/aromatic N) is 2. The van der Waals surface area contributed by atoms with E-state index in [0.717, 1.165) is 31.5 Å². The highest BCUT2D eigenvalue weighted by atomic mass is 32.2. The van der Waals surface area contributed by atoms with Gasteiger partial charge in [0.25, 0.3) is 11.8 Å². The molecule has 15 heteroatoms.